The Balaban J connectivity index is 2.32. The molecule has 0 fully saturated rings. The van der Waals surface area contributed by atoms with Crippen LogP contribution in [0.1, 0.15) is 26.0 Å². The molecule has 1 aromatic heterocycles. The standard InChI is InChI=1S/C15H20N2S/c1-10(2)6-7-18-15-8-11(3)17-14-5-4-12(16)9-13(14)15/h4-5,8-10H,6-7,16H2,1-3H3. The summed E-state index contributed by atoms with van der Waals surface area (Å²) in [5.74, 6) is 1.89. The number of anilines is 1. The van der Waals surface area contributed by atoms with E-state index < -0.39 is 0 Å². The zero-order valence-electron chi connectivity index (χ0n) is 11.2. The average molecular weight is 260 g/mol. The molecular weight excluding hydrogens is 240 g/mol. The fourth-order valence-electron chi connectivity index (χ4n) is 1.86. The Kier molecular flexibility index (Phi) is 4.12. The van der Waals surface area contributed by atoms with Gasteiger partial charge in [0.25, 0.3) is 0 Å². The molecule has 2 nitrogen and oxygen atoms in total. The van der Waals surface area contributed by atoms with Gasteiger partial charge in [0.15, 0.2) is 0 Å². The lowest BCUT2D eigenvalue weighted by Crippen LogP contribution is -1.93. The first-order chi connectivity index (χ1) is 8.56. The molecule has 2 N–H and O–H groups in total. The van der Waals surface area contributed by atoms with Crippen LogP contribution in [0.3, 0.4) is 0 Å². The Morgan fingerprint density at radius 3 is 2.78 bits per heavy atom. The highest BCUT2D eigenvalue weighted by Crippen LogP contribution is 2.30. The first kappa shape index (κ1) is 13.2. The predicted molar refractivity (Wildman–Crippen MR) is 81.1 cm³/mol. The maximum Gasteiger partial charge on any atom is 0.0717 e. The van der Waals surface area contributed by atoms with Crippen LogP contribution < -0.4 is 5.73 Å². The molecule has 0 atom stereocenters. The van der Waals surface area contributed by atoms with Crippen molar-refractivity contribution in [3.05, 3.63) is 30.0 Å². The fraction of sp³-hybridized carbons (Fsp3) is 0.400. The Morgan fingerprint density at radius 1 is 1.28 bits per heavy atom. The third-order valence-corrected chi connectivity index (χ3v) is 3.96. The summed E-state index contributed by atoms with van der Waals surface area (Å²) in [6.45, 7) is 6.56. The van der Waals surface area contributed by atoms with Crippen molar-refractivity contribution in [1.82, 2.24) is 4.98 Å². The van der Waals surface area contributed by atoms with E-state index in [4.69, 9.17) is 5.73 Å². The Hall–Kier alpha value is -1.22. The fourth-order valence-corrected chi connectivity index (χ4v) is 3.24. The van der Waals surface area contributed by atoms with E-state index in [1.165, 1.54) is 16.7 Å². The van der Waals surface area contributed by atoms with Gasteiger partial charge in [0.2, 0.25) is 0 Å². The first-order valence-electron chi connectivity index (χ1n) is 6.36. The van der Waals surface area contributed by atoms with E-state index in [-0.39, 0.29) is 0 Å². The molecule has 0 saturated carbocycles. The number of nitrogens with two attached hydrogens (primary N) is 1. The van der Waals surface area contributed by atoms with Gasteiger partial charge in [-0.15, -0.1) is 11.8 Å². The van der Waals surface area contributed by atoms with Crippen molar-refractivity contribution in [1.29, 1.82) is 0 Å². The van der Waals surface area contributed by atoms with Gasteiger partial charge in [0, 0.05) is 21.7 Å². The average Bonchev–Trinajstić information content (AvgIpc) is 2.29. The number of aryl methyl sites for hydroxylation is 1. The van der Waals surface area contributed by atoms with Crippen LogP contribution in [-0.2, 0) is 0 Å². The van der Waals surface area contributed by atoms with Gasteiger partial charge in [-0.1, -0.05) is 13.8 Å². The third kappa shape index (κ3) is 3.16. The summed E-state index contributed by atoms with van der Waals surface area (Å²) < 4.78 is 0. The summed E-state index contributed by atoms with van der Waals surface area (Å²) in [6, 6.07) is 8.10. The normalized spacial score (nSPS) is 11.3. The van der Waals surface area contributed by atoms with Crippen molar-refractivity contribution >= 4 is 28.4 Å². The lowest BCUT2D eigenvalue weighted by molar-refractivity contribution is 0.632. The Morgan fingerprint density at radius 2 is 2.06 bits per heavy atom. The van der Waals surface area contributed by atoms with E-state index in [2.05, 4.69) is 24.9 Å². The molecule has 0 unspecified atom stereocenters. The highest BCUT2D eigenvalue weighted by molar-refractivity contribution is 7.99. The number of benzene rings is 1. The maximum atomic E-state index is 5.87. The summed E-state index contributed by atoms with van der Waals surface area (Å²) in [6.07, 6.45) is 1.23. The smallest absolute Gasteiger partial charge is 0.0717 e. The molecule has 3 heteroatoms. The van der Waals surface area contributed by atoms with E-state index in [1.807, 2.05) is 36.9 Å². The number of fused-ring (bicyclic) bond motifs is 1. The topological polar surface area (TPSA) is 38.9 Å². The molecule has 1 aromatic carbocycles. The van der Waals surface area contributed by atoms with Crippen molar-refractivity contribution in [2.75, 3.05) is 11.5 Å². The molecule has 0 aliphatic heterocycles. The SMILES string of the molecule is Cc1cc(SCCC(C)C)c2cc(N)ccc2n1. The van der Waals surface area contributed by atoms with Gasteiger partial charge in [-0.05, 0) is 49.3 Å². The van der Waals surface area contributed by atoms with Gasteiger partial charge in [0.1, 0.15) is 0 Å². The molecule has 0 aliphatic carbocycles. The van der Waals surface area contributed by atoms with Gasteiger partial charge < -0.3 is 5.73 Å². The molecule has 2 rings (SSSR count). The van der Waals surface area contributed by atoms with E-state index in [0.29, 0.717) is 0 Å². The second-order valence-electron chi connectivity index (χ2n) is 5.07. The lowest BCUT2D eigenvalue weighted by atomic mass is 10.2. The van der Waals surface area contributed by atoms with Crippen molar-refractivity contribution in [3.8, 4) is 0 Å². The van der Waals surface area contributed by atoms with Crippen LogP contribution in [-0.4, -0.2) is 10.7 Å². The second-order valence-corrected chi connectivity index (χ2v) is 6.21. The molecule has 1 heterocycles. The lowest BCUT2D eigenvalue weighted by Gasteiger charge is -2.09. The predicted octanol–water partition coefficient (Wildman–Crippen LogP) is 4.26. The van der Waals surface area contributed by atoms with Crippen LogP contribution in [0.4, 0.5) is 5.69 Å². The van der Waals surface area contributed by atoms with E-state index >= 15 is 0 Å². The Labute approximate surface area is 113 Å². The van der Waals surface area contributed by atoms with Gasteiger partial charge in [-0.3, -0.25) is 4.98 Å². The minimum Gasteiger partial charge on any atom is -0.399 e. The highest BCUT2D eigenvalue weighted by atomic mass is 32.2. The van der Waals surface area contributed by atoms with Gasteiger partial charge in [0.05, 0.1) is 5.52 Å². The van der Waals surface area contributed by atoms with Crippen molar-refractivity contribution in [2.24, 2.45) is 5.92 Å². The minimum absolute atomic E-state index is 0.747. The van der Waals surface area contributed by atoms with Crippen molar-refractivity contribution in [2.45, 2.75) is 32.1 Å². The molecule has 96 valence electrons. The molecule has 0 radical (unpaired) electrons. The molecular formula is C15H20N2S. The quantitative estimate of drug-likeness (QED) is 0.659. The number of aromatic nitrogens is 1. The number of nitrogens with zero attached hydrogens (tertiary/aromatic N) is 1. The molecule has 18 heavy (non-hydrogen) atoms. The minimum atomic E-state index is 0.747. The molecule has 0 spiro atoms. The van der Waals surface area contributed by atoms with E-state index in [9.17, 15) is 0 Å². The number of pyridine rings is 1. The van der Waals surface area contributed by atoms with Crippen LogP contribution in [0.15, 0.2) is 29.2 Å². The number of thioether (sulfide) groups is 1. The number of hydrogen-bond acceptors (Lipinski definition) is 3. The summed E-state index contributed by atoms with van der Waals surface area (Å²) in [5.41, 5.74) is 8.78. The van der Waals surface area contributed by atoms with Crippen LogP contribution in [0.25, 0.3) is 10.9 Å². The molecule has 0 saturated heterocycles. The van der Waals surface area contributed by atoms with Crippen LogP contribution in [0, 0.1) is 12.8 Å². The molecule has 0 amide bonds. The second kappa shape index (κ2) is 5.61. The summed E-state index contributed by atoms with van der Waals surface area (Å²) >= 11 is 1.91. The maximum absolute atomic E-state index is 5.87. The van der Waals surface area contributed by atoms with Crippen LogP contribution in [0.5, 0.6) is 0 Å². The molecule has 0 aliphatic rings. The van der Waals surface area contributed by atoms with Gasteiger partial charge in [-0.2, -0.15) is 0 Å². The largest absolute Gasteiger partial charge is 0.399 e. The molecule has 2 aromatic rings. The summed E-state index contributed by atoms with van der Waals surface area (Å²) in [7, 11) is 0. The monoisotopic (exact) mass is 260 g/mol. The number of nitrogen functional groups attached to an aromatic ring is 1. The number of hydrogen-bond donors (Lipinski definition) is 1. The van der Waals surface area contributed by atoms with Gasteiger partial charge >= 0.3 is 0 Å². The zero-order valence-corrected chi connectivity index (χ0v) is 12.1. The Bertz CT molecular complexity index is 549. The summed E-state index contributed by atoms with van der Waals surface area (Å²) in [5, 5.41) is 1.18. The first-order valence-corrected chi connectivity index (χ1v) is 7.34. The van der Waals surface area contributed by atoms with Crippen LogP contribution >= 0.6 is 11.8 Å². The van der Waals surface area contributed by atoms with E-state index in [0.717, 1.165) is 28.6 Å². The molecule has 0 bridgehead atoms. The highest BCUT2D eigenvalue weighted by Gasteiger charge is 2.05. The van der Waals surface area contributed by atoms with Crippen molar-refractivity contribution in [3.63, 3.8) is 0 Å². The van der Waals surface area contributed by atoms with Crippen molar-refractivity contribution < 1.29 is 0 Å². The van der Waals surface area contributed by atoms with Gasteiger partial charge in [-0.25, -0.2) is 0 Å². The van der Waals surface area contributed by atoms with Crippen LogP contribution in [0.2, 0.25) is 0 Å². The third-order valence-electron chi connectivity index (χ3n) is 2.88. The zero-order chi connectivity index (χ0) is 13.1. The summed E-state index contributed by atoms with van der Waals surface area (Å²) in [4.78, 5) is 5.85. The van der Waals surface area contributed by atoms with E-state index in [1.54, 1.807) is 0 Å². The number of rotatable bonds is 4.